The smallest absolute Gasteiger partial charge is 0.264 e. The zero-order chi connectivity index (χ0) is 24.1. The van der Waals surface area contributed by atoms with Crippen molar-refractivity contribution in [3.05, 3.63) is 77.6 Å². The third-order valence-electron chi connectivity index (χ3n) is 6.13. The number of nitrogens with one attached hydrogen (secondary N) is 3. The van der Waals surface area contributed by atoms with Crippen LogP contribution in [0.15, 0.2) is 59.8 Å². The van der Waals surface area contributed by atoms with Crippen molar-refractivity contribution in [3.8, 4) is 0 Å². The number of amides is 2. The van der Waals surface area contributed by atoms with Gasteiger partial charge < -0.3 is 10.6 Å². The van der Waals surface area contributed by atoms with Crippen molar-refractivity contribution in [2.24, 2.45) is 0 Å². The molecule has 1 spiro atoms. The molecule has 1 aromatic heterocycles. The molecule has 0 atom stereocenters. The lowest BCUT2D eigenvalue weighted by Gasteiger charge is -2.36. The van der Waals surface area contributed by atoms with Crippen molar-refractivity contribution in [2.75, 3.05) is 15.4 Å². The molecule has 11 heteroatoms. The molecule has 8 nitrogen and oxygen atoms in total. The number of sulfonamides is 1. The Kier molecular flexibility index (Phi) is 5.08. The van der Waals surface area contributed by atoms with Crippen molar-refractivity contribution < 1.29 is 26.8 Å². The summed E-state index contributed by atoms with van der Waals surface area (Å²) in [4.78, 5) is 29.1. The van der Waals surface area contributed by atoms with E-state index in [2.05, 4.69) is 20.3 Å². The van der Waals surface area contributed by atoms with Gasteiger partial charge in [0.25, 0.3) is 15.9 Å². The zero-order valence-corrected chi connectivity index (χ0v) is 18.4. The summed E-state index contributed by atoms with van der Waals surface area (Å²) >= 11 is 0. The number of hydrogen-bond donors (Lipinski definition) is 3. The van der Waals surface area contributed by atoms with Crippen LogP contribution in [0.5, 0.6) is 0 Å². The lowest BCUT2D eigenvalue weighted by molar-refractivity contribution is -0.123. The maximum absolute atomic E-state index is 14.2. The Labute approximate surface area is 193 Å². The molecule has 0 radical (unpaired) electrons. The first-order chi connectivity index (χ1) is 16.2. The molecule has 2 heterocycles. The maximum atomic E-state index is 14.2. The first-order valence-corrected chi connectivity index (χ1v) is 11.9. The first-order valence-electron chi connectivity index (χ1n) is 10.4. The molecule has 174 valence electrons. The second-order valence-electron chi connectivity index (χ2n) is 8.21. The van der Waals surface area contributed by atoms with Crippen molar-refractivity contribution in [1.82, 2.24) is 4.98 Å². The Bertz CT molecular complexity index is 1440. The van der Waals surface area contributed by atoms with Gasteiger partial charge in [0.2, 0.25) is 5.91 Å². The second-order valence-corrected chi connectivity index (χ2v) is 9.86. The Hall–Kier alpha value is -3.86. The van der Waals surface area contributed by atoms with Crippen LogP contribution in [-0.2, 0) is 20.2 Å². The number of nitrogens with zero attached hydrogens (tertiary/aromatic N) is 1. The SMILES string of the molecule is O=C(Nc1cccnc1)c1cc(NS(=O)(=O)c2ccc(F)cc2F)cc2c1NC(=O)C21CCC1. The van der Waals surface area contributed by atoms with Gasteiger partial charge >= 0.3 is 0 Å². The molecule has 1 aliphatic heterocycles. The van der Waals surface area contributed by atoms with Gasteiger partial charge in [-0.2, -0.15) is 0 Å². The van der Waals surface area contributed by atoms with Crippen LogP contribution in [0.4, 0.5) is 25.8 Å². The summed E-state index contributed by atoms with van der Waals surface area (Å²) < 4.78 is 55.4. The summed E-state index contributed by atoms with van der Waals surface area (Å²) in [6.07, 6.45) is 4.89. The highest BCUT2D eigenvalue weighted by atomic mass is 32.2. The van der Waals surface area contributed by atoms with E-state index in [-0.39, 0.29) is 17.2 Å². The van der Waals surface area contributed by atoms with Gasteiger partial charge in [-0.25, -0.2) is 17.2 Å². The molecule has 3 aromatic rings. The summed E-state index contributed by atoms with van der Waals surface area (Å²) in [6.45, 7) is 0. The maximum Gasteiger partial charge on any atom is 0.264 e. The third-order valence-corrected chi connectivity index (χ3v) is 7.55. The van der Waals surface area contributed by atoms with Gasteiger partial charge in [-0.3, -0.25) is 19.3 Å². The molecule has 2 aliphatic rings. The van der Waals surface area contributed by atoms with E-state index in [1.807, 2.05) is 0 Å². The van der Waals surface area contributed by atoms with Gasteiger partial charge in [0, 0.05) is 12.3 Å². The topological polar surface area (TPSA) is 117 Å². The molecule has 2 amide bonds. The Balaban J connectivity index is 1.58. The third kappa shape index (κ3) is 3.58. The number of carbonyl (C=O) groups is 2. The van der Waals surface area contributed by atoms with Crippen molar-refractivity contribution in [1.29, 1.82) is 0 Å². The van der Waals surface area contributed by atoms with Crippen LogP contribution in [0.1, 0.15) is 35.2 Å². The van der Waals surface area contributed by atoms with E-state index in [1.54, 1.807) is 12.1 Å². The van der Waals surface area contributed by atoms with E-state index in [0.717, 1.165) is 18.6 Å². The summed E-state index contributed by atoms with van der Waals surface area (Å²) in [6, 6.07) is 8.12. The zero-order valence-electron chi connectivity index (χ0n) is 17.6. The van der Waals surface area contributed by atoms with Gasteiger partial charge in [-0.1, -0.05) is 6.42 Å². The normalized spacial score (nSPS) is 15.9. The second kappa shape index (κ2) is 7.87. The van der Waals surface area contributed by atoms with E-state index in [1.165, 1.54) is 24.5 Å². The van der Waals surface area contributed by atoms with E-state index >= 15 is 0 Å². The molecule has 1 fully saturated rings. The standard InChI is InChI=1S/C23H18F2N4O4S/c24-13-4-5-19(18(25)9-13)34(32,33)29-15-10-16(21(30)27-14-3-1-8-26-12-14)20-17(11-15)23(6-2-7-23)22(31)28-20/h1,3-5,8-12,29H,2,6-7H2,(H,27,30)(H,28,31). The number of carbonyl (C=O) groups excluding carboxylic acids is 2. The molecule has 0 bridgehead atoms. The highest BCUT2D eigenvalue weighted by Crippen LogP contribution is 2.53. The monoisotopic (exact) mass is 484 g/mol. The van der Waals surface area contributed by atoms with Crippen molar-refractivity contribution in [2.45, 2.75) is 29.6 Å². The molecule has 1 aliphatic carbocycles. The first kappa shape index (κ1) is 22.0. The minimum atomic E-state index is -4.46. The lowest BCUT2D eigenvalue weighted by atomic mass is 9.65. The molecule has 5 rings (SSSR count). The molecular formula is C23H18F2N4O4S. The number of rotatable bonds is 5. The molecular weight excluding hydrogens is 466 g/mol. The largest absolute Gasteiger partial charge is 0.324 e. The van der Waals surface area contributed by atoms with Crippen LogP contribution in [0, 0.1) is 11.6 Å². The van der Waals surface area contributed by atoms with Crippen LogP contribution in [0.2, 0.25) is 0 Å². The predicted molar refractivity (Wildman–Crippen MR) is 120 cm³/mol. The number of fused-ring (bicyclic) bond motifs is 2. The fraction of sp³-hybridized carbons (Fsp3) is 0.174. The Morgan fingerprint density at radius 3 is 2.53 bits per heavy atom. The molecule has 0 unspecified atom stereocenters. The highest BCUT2D eigenvalue weighted by molar-refractivity contribution is 7.92. The predicted octanol–water partition coefficient (Wildman–Crippen LogP) is 3.79. The van der Waals surface area contributed by atoms with E-state index in [4.69, 9.17) is 0 Å². The highest BCUT2D eigenvalue weighted by Gasteiger charge is 2.52. The van der Waals surface area contributed by atoms with Crippen LogP contribution in [-0.4, -0.2) is 25.2 Å². The summed E-state index contributed by atoms with van der Waals surface area (Å²) in [5.74, 6) is -3.01. The van der Waals surface area contributed by atoms with Gasteiger partial charge in [0.1, 0.15) is 16.5 Å². The number of hydrogen-bond acceptors (Lipinski definition) is 5. The minimum Gasteiger partial charge on any atom is -0.324 e. The van der Waals surface area contributed by atoms with Crippen LogP contribution in [0.3, 0.4) is 0 Å². The van der Waals surface area contributed by atoms with Gasteiger partial charge in [-0.05, 0) is 54.8 Å². The average Bonchev–Trinajstić information content (AvgIpc) is 3.05. The number of benzene rings is 2. The van der Waals surface area contributed by atoms with Gasteiger partial charge in [0.15, 0.2) is 0 Å². The minimum absolute atomic E-state index is 0.0263. The molecule has 2 aromatic carbocycles. The summed E-state index contributed by atoms with van der Waals surface area (Å²) in [5, 5.41) is 5.44. The summed E-state index contributed by atoms with van der Waals surface area (Å²) in [7, 11) is -4.46. The lowest BCUT2D eigenvalue weighted by Crippen LogP contribution is -2.40. The quantitative estimate of drug-likeness (QED) is 0.510. The molecule has 34 heavy (non-hydrogen) atoms. The van der Waals surface area contributed by atoms with E-state index in [0.29, 0.717) is 35.8 Å². The van der Waals surface area contributed by atoms with Crippen molar-refractivity contribution >= 4 is 38.9 Å². The Morgan fingerprint density at radius 1 is 1.09 bits per heavy atom. The number of anilines is 3. The number of aromatic nitrogens is 1. The van der Waals surface area contributed by atoms with Crippen LogP contribution >= 0.6 is 0 Å². The van der Waals surface area contributed by atoms with Crippen LogP contribution in [0.25, 0.3) is 0 Å². The van der Waals surface area contributed by atoms with Crippen molar-refractivity contribution in [3.63, 3.8) is 0 Å². The van der Waals surface area contributed by atoms with Gasteiger partial charge in [-0.15, -0.1) is 0 Å². The van der Waals surface area contributed by atoms with Gasteiger partial charge in [0.05, 0.1) is 34.2 Å². The van der Waals surface area contributed by atoms with E-state index in [9.17, 15) is 26.8 Å². The fourth-order valence-corrected chi connectivity index (χ4v) is 5.41. The fourth-order valence-electron chi connectivity index (χ4n) is 4.31. The average molecular weight is 484 g/mol. The number of halogens is 2. The molecule has 3 N–H and O–H groups in total. The summed E-state index contributed by atoms with van der Waals surface area (Å²) in [5.41, 5.74) is 0.379. The van der Waals surface area contributed by atoms with Crippen LogP contribution < -0.4 is 15.4 Å². The molecule has 1 saturated carbocycles. The Morgan fingerprint density at radius 2 is 1.88 bits per heavy atom. The number of pyridine rings is 1. The molecule has 0 saturated heterocycles. The van der Waals surface area contributed by atoms with E-state index < -0.39 is 37.9 Å².